The highest BCUT2D eigenvalue weighted by Crippen LogP contribution is 2.25. The topological polar surface area (TPSA) is 72.3 Å². The molecule has 0 aromatic heterocycles. The summed E-state index contributed by atoms with van der Waals surface area (Å²) in [5, 5.41) is 0. The lowest BCUT2D eigenvalue weighted by Crippen LogP contribution is -2.30. The van der Waals surface area contributed by atoms with Crippen molar-refractivity contribution in [2.45, 2.75) is 13.0 Å². The van der Waals surface area contributed by atoms with E-state index in [1.807, 2.05) is 0 Å². The smallest absolute Gasteiger partial charge is 0.256 e. The van der Waals surface area contributed by atoms with Crippen LogP contribution in [0, 0.1) is 5.82 Å². The van der Waals surface area contributed by atoms with Crippen LogP contribution in [0.5, 0.6) is 0 Å². The number of halogens is 1. The largest absolute Gasteiger partial charge is 0.399 e. The lowest BCUT2D eigenvalue weighted by Gasteiger charge is -2.26. The fourth-order valence-electron chi connectivity index (χ4n) is 2.16. The Hall–Kier alpha value is -2.56. The molecule has 1 unspecified atom stereocenters. The standard InChI is InChI=1S/C16H18FN3O/c1-10(12-5-3-4-6-14(12)17)20(2)16(21)13-8-7-11(18)9-15(13)19/h3-10H,18-19H2,1-2H3. The Morgan fingerprint density at radius 3 is 2.48 bits per heavy atom. The zero-order valence-corrected chi connectivity index (χ0v) is 12.0. The summed E-state index contributed by atoms with van der Waals surface area (Å²) in [7, 11) is 1.62. The molecule has 0 aliphatic rings. The van der Waals surface area contributed by atoms with E-state index in [4.69, 9.17) is 11.5 Å². The Kier molecular flexibility index (Phi) is 4.12. The van der Waals surface area contributed by atoms with Gasteiger partial charge in [-0.1, -0.05) is 18.2 Å². The van der Waals surface area contributed by atoms with Crippen LogP contribution in [0.4, 0.5) is 15.8 Å². The summed E-state index contributed by atoms with van der Waals surface area (Å²) in [6.45, 7) is 1.77. The van der Waals surface area contributed by atoms with Gasteiger partial charge >= 0.3 is 0 Å². The molecule has 0 fully saturated rings. The van der Waals surface area contributed by atoms with Crippen LogP contribution in [-0.4, -0.2) is 17.9 Å². The number of amides is 1. The second-order valence-corrected chi connectivity index (χ2v) is 4.96. The summed E-state index contributed by atoms with van der Waals surface area (Å²) in [6, 6.07) is 10.7. The lowest BCUT2D eigenvalue weighted by molar-refractivity contribution is 0.0741. The van der Waals surface area contributed by atoms with E-state index in [0.717, 1.165) is 0 Å². The van der Waals surface area contributed by atoms with Crippen LogP contribution in [0.15, 0.2) is 42.5 Å². The molecule has 21 heavy (non-hydrogen) atoms. The third kappa shape index (κ3) is 2.97. The molecule has 0 heterocycles. The maximum atomic E-state index is 13.8. The van der Waals surface area contributed by atoms with Crippen molar-refractivity contribution in [3.05, 3.63) is 59.4 Å². The summed E-state index contributed by atoms with van der Waals surface area (Å²) in [4.78, 5) is 13.9. The van der Waals surface area contributed by atoms with Crippen molar-refractivity contribution in [2.75, 3.05) is 18.5 Å². The van der Waals surface area contributed by atoms with Crippen molar-refractivity contribution in [2.24, 2.45) is 0 Å². The molecule has 0 bridgehead atoms. The van der Waals surface area contributed by atoms with Gasteiger partial charge in [-0.25, -0.2) is 4.39 Å². The molecule has 0 saturated carbocycles. The van der Waals surface area contributed by atoms with Crippen molar-refractivity contribution < 1.29 is 9.18 Å². The highest BCUT2D eigenvalue weighted by atomic mass is 19.1. The molecule has 4 N–H and O–H groups in total. The third-order valence-corrected chi connectivity index (χ3v) is 3.56. The van der Waals surface area contributed by atoms with Crippen LogP contribution >= 0.6 is 0 Å². The number of carbonyl (C=O) groups is 1. The van der Waals surface area contributed by atoms with E-state index in [1.165, 1.54) is 17.0 Å². The van der Waals surface area contributed by atoms with Gasteiger partial charge in [0.2, 0.25) is 0 Å². The van der Waals surface area contributed by atoms with Crippen LogP contribution in [0.2, 0.25) is 0 Å². The summed E-state index contributed by atoms with van der Waals surface area (Å²) < 4.78 is 13.8. The number of hydrogen-bond donors (Lipinski definition) is 2. The first kappa shape index (κ1) is 14.8. The van der Waals surface area contributed by atoms with Crippen molar-refractivity contribution in [3.63, 3.8) is 0 Å². The van der Waals surface area contributed by atoms with Gasteiger partial charge in [-0.2, -0.15) is 0 Å². The van der Waals surface area contributed by atoms with E-state index >= 15 is 0 Å². The van der Waals surface area contributed by atoms with Gasteiger partial charge in [-0.15, -0.1) is 0 Å². The molecule has 2 aromatic carbocycles. The number of benzene rings is 2. The van der Waals surface area contributed by atoms with Gasteiger partial charge in [0.05, 0.1) is 11.6 Å². The van der Waals surface area contributed by atoms with E-state index < -0.39 is 6.04 Å². The van der Waals surface area contributed by atoms with Gasteiger partial charge in [0.25, 0.3) is 5.91 Å². The molecule has 0 saturated heterocycles. The molecule has 0 radical (unpaired) electrons. The van der Waals surface area contributed by atoms with Crippen molar-refractivity contribution in [1.82, 2.24) is 4.90 Å². The number of nitrogen functional groups attached to an aromatic ring is 2. The van der Waals surface area contributed by atoms with E-state index in [1.54, 1.807) is 44.3 Å². The Bertz CT molecular complexity index is 672. The lowest BCUT2D eigenvalue weighted by atomic mass is 10.0. The Morgan fingerprint density at radius 1 is 1.19 bits per heavy atom. The summed E-state index contributed by atoms with van der Waals surface area (Å²) in [5.74, 6) is -0.613. The van der Waals surface area contributed by atoms with Gasteiger partial charge in [0.15, 0.2) is 0 Å². The van der Waals surface area contributed by atoms with Crippen LogP contribution in [-0.2, 0) is 0 Å². The van der Waals surface area contributed by atoms with E-state index in [9.17, 15) is 9.18 Å². The monoisotopic (exact) mass is 287 g/mol. The van der Waals surface area contributed by atoms with Crippen molar-refractivity contribution >= 4 is 17.3 Å². The highest BCUT2D eigenvalue weighted by molar-refractivity contribution is 5.99. The number of rotatable bonds is 3. The Morgan fingerprint density at radius 2 is 1.86 bits per heavy atom. The number of nitrogens with zero attached hydrogens (tertiary/aromatic N) is 1. The van der Waals surface area contributed by atoms with Gasteiger partial charge in [0, 0.05) is 24.0 Å². The minimum Gasteiger partial charge on any atom is -0.399 e. The molecule has 0 aliphatic carbocycles. The van der Waals surface area contributed by atoms with Crippen LogP contribution in [0.3, 0.4) is 0 Å². The van der Waals surface area contributed by atoms with E-state index in [2.05, 4.69) is 0 Å². The molecule has 0 aliphatic heterocycles. The molecule has 5 heteroatoms. The second-order valence-electron chi connectivity index (χ2n) is 4.96. The molecule has 2 aromatic rings. The van der Waals surface area contributed by atoms with Crippen LogP contribution in [0.1, 0.15) is 28.9 Å². The Labute approximate surface area is 123 Å². The zero-order valence-electron chi connectivity index (χ0n) is 12.0. The quantitative estimate of drug-likeness (QED) is 0.853. The fraction of sp³-hybridized carbons (Fsp3) is 0.188. The van der Waals surface area contributed by atoms with Crippen molar-refractivity contribution in [1.29, 1.82) is 0 Å². The molecular weight excluding hydrogens is 269 g/mol. The average molecular weight is 287 g/mol. The molecule has 1 atom stereocenters. The van der Waals surface area contributed by atoms with E-state index in [-0.39, 0.29) is 11.7 Å². The first-order chi connectivity index (χ1) is 9.91. The first-order valence-corrected chi connectivity index (χ1v) is 6.58. The SMILES string of the molecule is CC(c1ccccc1F)N(C)C(=O)c1ccc(N)cc1N. The van der Waals surface area contributed by atoms with Gasteiger partial charge in [-0.05, 0) is 31.2 Å². The molecule has 110 valence electrons. The molecule has 2 rings (SSSR count). The maximum absolute atomic E-state index is 13.8. The summed E-state index contributed by atoms with van der Waals surface area (Å²) in [6.07, 6.45) is 0. The average Bonchev–Trinajstić information content (AvgIpc) is 2.45. The second kappa shape index (κ2) is 5.83. The van der Waals surface area contributed by atoms with Gasteiger partial charge < -0.3 is 16.4 Å². The minimum absolute atomic E-state index is 0.275. The predicted octanol–water partition coefficient (Wildman–Crippen LogP) is 2.82. The van der Waals surface area contributed by atoms with Crippen molar-refractivity contribution in [3.8, 4) is 0 Å². The predicted molar refractivity (Wildman–Crippen MR) is 82.2 cm³/mol. The van der Waals surface area contributed by atoms with Crippen LogP contribution in [0.25, 0.3) is 0 Å². The summed E-state index contributed by atoms with van der Waals surface area (Å²) >= 11 is 0. The first-order valence-electron chi connectivity index (χ1n) is 6.58. The number of nitrogens with two attached hydrogens (primary N) is 2. The molecule has 0 spiro atoms. The number of carbonyl (C=O) groups excluding carboxylic acids is 1. The maximum Gasteiger partial charge on any atom is 0.256 e. The van der Waals surface area contributed by atoms with Gasteiger partial charge in [-0.3, -0.25) is 4.79 Å². The summed E-state index contributed by atoms with van der Waals surface area (Å²) in [5.41, 5.74) is 13.1. The highest BCUT2D eigenvalue weighted by Gasteiger charge is 2.22. The normalized spacial score (nSPS) is 12.0. The van der Waals surface area contributed by atoms with E-state index in [0.29, 0.717) is 22.5 Å². The molecule has 4 nitrogen and oxygen atoms in total. The molecule has 1 amide bonds. The van der Waals surface area contributed by atoms with Gasteiger partial charge in [0.1, 0.15) is 5.82 Å². The molecular formula is C16H18FN3O. The number of anilines is 2. The number of hydrogen-bond acceptors (Lipinski definition) is 3. The third-order valence-electron chi connectivity index (χ3n) is 3.56. The van der Waals surface area contributed by atoms with Crippen LogP contribution < -0.4 is 11.5 Å². The minimum atomic E-state index is -0.407. The zero-order chi connectivity index (χ0) is 15.6. The fourth-order valence-corrected chi connectivity index (χ4v) is 2.16. The Balaban J connectivity index is 2.29.